The number of hydrogen-bond donors (Lipinski definition) is 1. The number of halogens is 1. The third-order valence-electron chi connectivity index (χ3n) is 2.86. The van der Waals surface area contributed by atoms with E-state index in [1.165, 1.54) is 0 Å². The van der Waals surface area contributed by atoms with Gasteiger partial charge in [-0.05, 0) is 28.1 Å². The summed E-state index contributed by atoms with van der Waals surface area (Å²) in [5.41, 5.74) is 1.07. The van der Waals surface area contributed by atoms with Gasteiger partial charge in [0.05, 0.1) is 11.3 Å². The van der Waals surface area contributed by atoms with Crippen LogP contribution in [0.5, 0.6) is 0 Å². The highest BCUT2D eigenvalue weighted by Crippen LogP contribution is 2.31. The van der Waals surface area contributed by atoms with Gasteiger partial charge in [0, 0.05) is 30.0 Å². The molecule has 0 aromatic heterocycles. The molecule has 4 nitrogen and oxygen atoms in total. The number of rotatable bonds is 2. The molecule has 0 saturated carbocycles. The van der Waals surface area contributed by atoms with Gasteiger partial charge in [-0.1, -0.05) is 6.07 Å². The summed E-state index contributed by atoms with van der Waals surface area (Å²) in [7, 11) is 0. The van der Waals surface area contributed by atoms with Crippen molar-refractivity contribution in [1.82, 2.24) is 0 Å². The van der Waals surface area contributed by atoms with Crippen LogP contribution in [0.4, 0.5) is 5.69 Å². The van der Waals surface area contributed by atoms with E-state index in [9.17, 15) is 4.79 Å². The van der Waals surface area contributed by atoms with E-state index in [2.05, 4.69) is 22.0 Å². The molecule has 0 bridgehead atoms. The molecular weight excluding hydrogens is 284 g/mol. The maximum atomic E-state index is 11.8. The maximum absolute atomic E-state index is 11.8. The lowest BCUT2D eigenvalue weighted by Crippen LogP contribution is -2.25. The van der Waals surface area contributed by atoms with Crippen molar-refractivity contribution in [3.63, 3.8) is 0 Å². The standard InChI is InChI=1S/C12H11BrN2O2/c13-10-2-1-3-11(9(10)5-14)15-6-8(7-16)4-12(15)17/h1-3,8,16H,4,6-7H2. The van der Waals surface area contributed by atoms with Gasteiger partial charge >= 0.3 is 0 Å². The minimum atomic E-state index is -0.0429. The summed E-state index contributed by atoms with van der Waals surface area (Å²) in [5.74, 6) is -0.0772. The molecule has 5 heteroatoms. The molecule has 1 atom stereocenters. The zero-order chi connectivity index (χ0) is 12.4. The van der Waals surface area contributed by atoms with Crippen LogP contribution < -0.4 is 4.90 Å². The van der Waals surface area contributed by atoms with Crippen molar-refractivity contribution in [3.8, 4) is 6.07 Å². The van der Waals surface area contributed by atoms with Gasteiger partial charge in [-0.15, -0.1) is 0 Å². The predicted molar refractivity (Wildman–Crippen MR) is 66.4 cm³/mol. The van der Waals surface area contributed by atoms with Gasteiger partial charge in [-0.2, -0.15) is 5.26 Å². The number of anilines is 1. The Morgan fingerprint density at radius 3 is 2.94 bits per heavy atom. The smallest absolute Gasteiger partial charge is 0.227 e. The van der Waals surface area contributed by atoms with Gasteiger partial charge in [0.1, 0.15) is 6.07 Å². The van der Waals surface area contributed by atoms with E-state index in [-0.39, 0.29) is 18.4 Å². The number of aliphatic hydroxyl groups is 1. The number of nitriles is 1. The third kappa shape index (κ3) is 2.19. The van der Waals surface area contributed by atoms with Crippen molar-refractivity contribution in [2.45, 2.75) is 6.42 Å². The molecule has 17 heavy (non-hydrogen) atoms. The number of carbonyl (C=O) groups excluding carboxylic acids is 1. The van der Waals surface area contributed by atoms with Gasteiger partial charge in [-0.25, -0.2) is 0 Å². The van der Waals surface area contributed by atoms with Crippen molar-refractivity contribution in [3.05, 3.63) is 28.2 Å². The molecule has 1 saturated heterocycles. The molecule has 1 amide bonds. The SMILES string of the molecule is N#Cc1c(Br)cccc1N1CC(CO)CC1=O. The average molecular weight is 295 g/mol. The second-order valence-corrected chi connectivity index (χ2v) is 4.86. The summed E-state index contributed by atoms with van der Waals surface area (Å²) >= 11 is 3.30. The Labute approximate surface area is 108 Å². The van der Waals surface area contributed by atoms with Crippen molar-refractivity contribution in [1.29, 1.82) is 5.26 Å². The van der Waals surface area contributed by atoms with Crippen LogP contribution in [0.15, 0.2) is 22.7 Å². The second-order valence-electron chi connectivity index (χ2n) is 4.00. The fourth-order valence-corrected chi connectivity index (χ4v) is 2.43. The molecule has 1 N–H and O–H groups in total. The molecule has 1 heterocycles. The molecule has 1 aliphatic heterocycles. The first-order chi connectivity index (χ1) is 8.17. The average Bonchev–Trinajstić information content (AvgIpc) is 2.70. The fourth-order valence-electron chi connectivity index (χ4n) is 1.99. The van der Waals surface area contributed by atoms with Crippen LogP contribution in [0, 0.1) is 17.2 Å². The number of hydrogen-bond acceptors (Lipinski definition) is 3. The first kappa shape index (κ1) is 12.1. The Morgan fingerprint density at radius 2 is 2.35 bits per heavy atom. The highest BCUT2D eigenvalue weighted by molar-refractivity contribution is 9.10. The Bertz CT molecular complexity index is 496. The minimum Gasteiger partial charge on any atom is -0.396 e. The van der Waals surface area contributed by atoms with Gasteiger partial charge in [0.2, 0.25) is 5.91 Å². The zero-order valence-electron chi connectivity index (χ0n) is 9.06. The summed E-state index contributed by atoms with van der Waals surface area (Å²) in [6.45, 7) is 0.471. The molecule has 0 radical (unpaired) electrons. The summed E-state index contributed by atoms with van der Waals surface area (Å²) in [4.78, 5) is 13.4. The molecule has 1 aromatic carbocycles. The lowest BCUT2D eigenvalue weighted by atomic mass is 10.1. The third-order valence-corrected chi connectivity index (χ3v) is 3.52. The molecule has 0 aliphatic carbocycles. The Morgan fingerprint density at radius 1 is 1.59 bits per heavy atom. The maximum Gasteiger partial charge on any atom is 0.227 e. The first-order valence-corrected chi connectivity index (χ1v) is 6.06. The first-order valence-electron chi connectivity index (χ1n) is 5.27. The zero-order valence-corrected chi connectivity index (χ0v) is 10.6. The minimum absolute atomic E-state index is 0.00186. The number of aliphatic hydroxyl groups excluding tert-OH is 1. The summed E-state index contributed by atoms with van der Waals surface area (Å²) < 4.78 is 0.678. The summed E-state index contributed by atoms with van der Waals surface area (Å²) in [6.07, 6.45) is 0.341. The Balaban J connectivity index is 2.39. The van der Waals surface area contributed by atoms with Crippen molar-refractivity contribution >= 4 is 27.5 Å². The second kappa shape index (κ2) is 4.86. The van der Waals surface area contributed by atoms with Crippen LogP contribution in [0.3, 0.4) is 0 Å². The largest absolute Gasteiger partial charge is 0.396 e. The van der Waals surface area contributed by atoms with Gasteiger partial charge in [0.15, 0.2) is 0 Å². The lowest BCUT2D eigenvalue weighted by Gasteiger charge is -2.18. The van der Waals surface area contributed by atoms with E-state index >= 15 is 0 Å². The highest BCUT2D eigenvalue weighted by Gasteiger charge is 2.31. The van der Waals surface area contributed by atoms with Crippen molar-refractivity contribution < 1.29 is 9.90 Å². The number of nitrogens with zero attached hydrogens (tertiary/aromatic N) is 2. The van der Waals surface area contributed by atoms with Gasteiger partial charge in [0.25, 0.3) is 0 Å². The summed E-state index contributed by atoms with van der Waals surface area (Å²) in [5, 5.41) is 18.2. The van der Waals surface area contributed by atoms with Crippen LogP contribution in [-0.2, 0) is 4.79 Å². The van der Waals surface area contributed by atoms with Crippen LogP contribution in [0.2, 0.25) is 0 Å². The van der Waals surface area contributed by atoms with Gasteiger partial charge < -0.3 is 10.0 Å². The Kier molecular flexibility index (Phi) is 3.46. The molecule has 1 aromatic rings. The van der Waals surface area contributed by atoms with Crippen molar-refractivity contribution in [2.24, 2.45) is 5.92 Å². The molecular formula is C12H11BrN2O2. The lowest BCUT2D eigenvalue weighted by molar-refractivity contribution is -0.117. The Hall–Kier alpha value is -1.38. The van der Waals surface area contributed by atoms with Crippen LogP contribution >= 0.6 is 15.9 Å². The van der Waals surface area contributed by atoms with E-state index in [0.29, 0.717) is 28.7 Å². The fraction of sp³-hybridized carbons (Fsp3) is 0.333. The molecule has 1 unspecified atom stereocenters. The number of amides is 1. The van der Waals surface area contributed by atoms with E-state index < -0.39 is 0 Å². The topological polar surface area (TPSA) is 64.3 Å². The number of carbonyl (C=O) groups is 1. The molecule has 1 fully saturated rings. The van der Waals surface area contributed by atoms with E-state index in [1.807, 2.05) is 0 Å². The van der Waals surface area contributed by atoms with E-state index in [1.54, 1.807) is 23.1 Å². The van der Waals surface area contributed by atoms with E-state index in [0.717, 1.165) is 0 Å². The van der Waals surface area contributed by atoms with Crippen LogP contribution in [0.1, 0.15) is 12.0 Å². The van der Waals surface area contributed by atoms with Crippen molar-refractivity contribution in [2.75, 3.05) is 18.1 Å². The summed E-state index contributed by atoms with van der Waals surface area (Å²) in [6, 6.07) is 7.40. The predicted octanol–water partition coefficient (Wildman–Crippen LogP) is 1.67. The molecule has 1 aliphatic rings. The van der Waals surface area contributed by atoms with Crippen LogP contribution in [-0.4, -0.2) is 24.2 Å². The molecule has 2 rings (SSSR count). The van der Waals surface area contributed by atoms with E-state index in [4.69, 9.17) is 10.4 Å². The van der Waals surface area contributed by atoms with Crippen LogP contribution in [0.25, 0.3) is 0 Å². The van der Waals surface area contributed by atoms with Gasteiger partial charge in [-0.3, -0.25) is 4.79 Å². The number of benzene rings is 1. The normalized spacial score (nSPS) is 19.5. The quantitative estimate of drug-likeness (QED) is 0.902. The molecule has 88 valence electrons. The monoisotopic (exact) mass is 294 g/mol. The highest BCUT2D eigenvalue weighted by atomic mass is 79.9. The molecule has 0 spiro atoms.